The standard InChI is InChI=1S/C18H17F3N4O2/c19-18(20,21)27-12-5-3-11(4-6-12)17(26)22-9-14-13(10-1-2-10)7-8-15-16(14)24-25-23-15/h3-8,10,23-25H,1-2,9H2,(H,22,26). The summed E-state index contributed by atoms with van der Waals surface area (Å²) in [6.45, 7) is 0.311. The van der Waals surface area contributed by atoms with Gasteiger partial charge in [-0.2, -0.15) is 0 Å². The molecule has 0 radical (unpaired) electrons. The first-order valence-corrected chi connectivity index (χ1v) is 8.47. The number of carbonyl (C=O) groups excluding carboxylic acids is 1. The Hall–Kier alpha value is -2.94. The third kappa shape index (κ3) is 3.92. The van der Waals surface area contributed by atoms with Crippen LogP contribution in [-0.4, -0.2) is 12.3 Å². The second-order valence-electron chi connectivity index (χ2n) is 6.46. The molecule has 2 aromatic rings. The topological polar surface area (TPSA) is 74.4 Å². The molecule has 4 N–H and O–H groups in total. The lowest BCUT2D eigenvalue weighted by atomic mass is 10.00. The lowest BCUT2D eigenvalue weighted by Crippen LogP contribution is -2.24. The normalized spacial score (nSPS) is 15.5. The van der Waals surface area contributed by atoms with Gasteiger partial charge in [-0.25, -0.2) is 0 Å². The first-order valence-electron chi connectivity index (χ1n) is 8.47. The number of hydrogen-bond donors (Lipinski definition) is 4. The van der Waals surface area contributed by atoms with Gasteiger partial charge in [0.25, 0.3) is 5.91 Å². The molecule has 1 heterocycles. The summed E-state index contributed by atoms with van der Waals surface area (Å²) in [4.78, 5) is 12.4. The summed E-state index contributed by atoms with van der Waals surface area (Å²) in [7, 11) is 0. The van der Waals surface area contributed by atoms with Crippen LogP contribution in [0.4, 0.5) is 24.5 Å². The zero-order valence-electron chi connectivity index (χ0n) is 14.1. The second-order valence-corrected chi connectivity index (χ2v) is 6.46. The molecule has 0 bridgehead atoms. The fraction of sp³-hybridized carbons (Fsp3) is 0.278. The van der Waals surface area contributed by atoms with Crippen LogP contribution in [0.15, 0.2) is 36.4 Å². The predicted molar refractivity (Wildman–Crippen MR) is 93.1 cm³/mol. The van der Waals surface area contributed by atoms with Crippen molar-refractivity contribution >= 4 is 17.3 Å². The predicted octanol–water partition coefficient (Wildman–Crippen LogP) is 3.65. The minimum Gasteiger partial charge on any atom is -0.406 e. The Bertz CT molecular complexity index is 864. The van der Waals surface area contributed by atoms with E-state index < -0.39 is 6.36 Å². The first kappa shape index (κ1) is 17.5. The maximum absolute atomic E-state index is 12.4. The lowest BCUT2D eigenvalue weighted by molar-refractivity contribution is -0.274. The number of amides is 1. The van der Waals surface area contributed by atoms with Crippen molar-refractivity contribution in [3.05, 3.63) is 53.1 Å². The second kappa shape index (κ2) is 6.66. The summed E-state index contributed by atoms with van der Waals surface area (Å²) < 4.78 is 40.4. The van der Waals surface area contributed by atoms with E-state index in [4.69, 9.17) is 0 Å². The summed E-state index contributed by atoms with van der Waals surface area (Å²) in [5.41, 5.74) is 13.1. The van der Waals surface area contributed by atoms with Crippen LogP contribution in [0.5, 0.6) is 5.75 Å². The number of hydrazine groups is 2. The van der Waals surface area contributed by atoms with Crippen molar-refractivity contribution in [2.75, 3.05) is 10.9 Å². The highest BCUT2D eigenvalue weighted by Gasteiger charge is 2.31. The Kier molecular flexibility index (Phi) is 4.31. The van der Waals surface area contributed by atoms with Crippen LogP contribution in [0.25, 0.3) is 0 Å². The van der Waals surface area contributed by atoms with Crippen molar-refractivity contribution in [3.63, 3.8) is 0 Å². The third-order valence-electron chi connectivity index (χ3n) is 4.53. The summed E-state index contributed by atoms with van der Waals surface area (Å²) in [5, 5.41) is 2.84. The highest BCUT2D eigenvalue weighted by Crippen LogP contribution is 2.45. The van der Waals surface area contributed by atoms with Crippen LogP contribution in [0.1, 0.15) is 40.2 Å². The monoisotopic (exact) mass is 378 g/mol. The van der Waals surface area contributed by atoms with Gasteiger partial charge >= 0.3 is 6.36 Å². The van der Waals surface area contributed by atoms with E-state index in [1.807, 2.05) is 6.07 Å². The van der Waals surface area contributed by atoms with Crippen LogP contribution in [-0.2, 0) is 6.54 Å². The highest BCUT2D eigenvalue weighted by molar-refractivity contribution is 5.94. The smallest absolute Gasteiger partial charge is 0.406 e. The number of hydrogen-bond acceptors (Lipinski definition) is 5. The summed E-state index contributed by atoms with van der Waals surface area (Å²) in [6.07, 6.45) is -2.51. The Morgan fingerprint density at radius 2 is 1.85 bits per heavy atom. The zero-order valence-corrected chi connectivity index (χ0v) is 14.1. The molecular formula is C18H17F3N4O2. The fourth-order valence-electron chi connectivity index (χ4n) is 3.12. The van der Waals surface area contributed by atoms with Crippen molar-refractivity contribution in [2.24, 2.45) is 0 Å². The molecule has 2 aliphatic rings. The maximum atomic E-state index is 12.4. The highest BCUT2D eigenvalue weighted by atomic mass is 19.4. The number of anilines is 2. The largest absolute Gasteiger partial charge is 0.573 e. The first-order chi connectivity index (χ1) is 12.9. The van der Waals surface area contributed by atoms with E-state index in [9.17, 15) is 18.0 Å². The van der Waals surface area contributed by atoms with E-state index in [-0.39, 0.29) is 17.2 Å². The molecule has 142 valence electrons. The number of ether oxygens (including phenoxy) is 1. The van der Waals surface area contributed by atoms with Gasteiger partial charge in [0.05, 0.1) is 11.4 Å². The quantitative estimate of drug-likeness (QED) is 0.639. The lowest BCUT2D eigenvalue weighted by Gasteiger charge is -2.14. The molecule has 27 heavy (non-hydrogen) atoms. The molecule has 0 saturated heterocycles. The number of halogens is 3. The molecular weight excluding hydrogens is 361 g/mol. The molecule has 1 saturated carbocycles. The molecule has 9 heteroatoms. The van der Waals surface area contributed by atoms with E-state index >= 15 is 0 Å². The summed E-state index contributed by atoms with van der Waals surface area (Å²) in [5.74, 6) is -0.229. The van der Waals surface area contributed by atoms with E-state index in [1.54, 1.807) is 0 Å². The molecule has 1 amide bonds. The minimum absolute atomic E-state index is 0.259. The minimum atomic E-state index is -4.76. The van der Waals surface area contributed by atoms with Gasteiger partial charge in [-0.05, 0) is 54.7 Å². The van der Waals surface area contributed by atoms with Gasteiger partial charge in [-0.15, -0.1) is 18.7 Å². The molecule has 2 aromatic carbocycles. The van der Waals surface area contributed by atoms with Crippen LogP contribution in [0.3, 0.4) is 0 Å². The van der Waals surface area contributed by atoms with E-state index in [1.165, 1.54) is 17.7 Å². The molecule has 6 nitrogen and oxygen atoms in total. The van der Waals surface area contributed by atoms with Gasteiger partial charge in [-0.1, -0.05) is 6.07 Å². The van der Waals surface area contributed by atoms with Gasteiger partial charge in [-0.3, -0.25) is 4.79 Å². The molecule has 0 spiro atoms. The number of alkyl halides is 3. The Balaban J connectivity index is 1.46. The van der Waals surface area contributed by atoms with Crippen molar-refractivity contribution in [1.82, 2.24) is 10.9 Å². The number of carbonyl (C=O) groups is 1. The molecule has 0 aromatic heterocycles. The SMILES string of the molecule is O=C(NCc1c(C2CC2)ccc2c1NNN2)c1ccc(OC(F)(F)F)cc1. The molecule has 0 unspecified atom stereocenters. The zero-order chi connectivity index (χ0) is 19.0. The maximum Gasteiger partial charge on any atom is 0.573 e. The van der Waals surface area contributed by atoms with Crippen molar-refractivity contribution < 1.29 is 22.7 Å². The van der Waals surface area contributed by atoms with Crippen LogP contribution < -0.4 is 26.4 Å². The number of fused-ring (bicyclic) bond motifs is 1. The van der Waals surface area contributed by atoms with E-state index in [2.05, 4.69) is 32.5 Å². The Morgan fingerprint density at radius 1 is 1.11 bits per heavy atom. The Labute approximate surface area is 153 Å². The average molecular weight is 378 g/mol. The molecule has 0 atom stereocenters. The third-order valence-corrected chi connectivity index (χ3v) is 4.53. The molecule has 1 fully saturated rings. The molecule has 1 aliphatic carbocycles. The van der Waals surface area contributed by atoms with Crippen molar-refractivity contribution in [3.8, 4) is 5.75 Å². The number of benzene rings is 2. The van der Waals surface area contributed by atoms with Gasteiger partial charge in [0.1, 0.15) is 5.75 Å². The van der Waals surface area contributed by atoms with Crippen molar-refractivity contribution in [2.45, 2.75) is 31.7 Å². The molecule has 1 aliphatic heterocycles. The fourth-order valence-corrected chi connectivity index (χ4v) is 3.12. The average Bonchev–Trinajstić information content (AvgIpc) is 3.35. The Morgan fingerprint density at radius 3 is 2.52 bits per heavy atom. The van der Waals surface area contributed by atoms with Crippen LogP contribution in [0.2, 0.25) is 0 Å². The van der Waals surface area contributed by atoms with Gasteiger partial charge in [0.15, 0.2) is 0 Å². The molecule has 4 rings (SSSR count). The van der Waals surface area contributed by atoms with Crippen molar-refractivity contribution in [1.29, 1.82) is 0 Å². The summed E-state index contributed by atoms with van der Waals surface area (Å²) >= 11 is 0. The van der Waals surface area contributed by atoms with E-state index in [0.29, 0.717) is 12.5 Å². The summed E-state index contributed by atoms with van der Waals surface area (Å²) in [6, 6.07) is 8.88. The van der Waals surface area contributed by atoms with Crippen LogP contribution >= 0.6 is 0 Å². The van der Waals surface area contributed by atoms with Gasteiger partial charge < -0.3 is 20.9 Å². The van der Waals surface area contributed by atoms with Gasteiger partial charge in [0, 0.05) is 17.7 Å². The number of nitrogens with one attached hydrogen (secondary N) is 4. The van der Waals surface area contributed by atoms with Gasteiger partial charge in [0.2, 0.25) is 0 Å². The van der Waals surface area contributed by atoms with E-state index in [0.717, 1.165) is 41.9 Å². The van der Waals surface area contributed by atoms with Crippen LogP contribution in [0, 0.1) is 0 Å². The number of rotatable bonds is 5.